The van der Waals surface area contributed by atoms with Gasteiger partial charge in [0, 0.05) is 25.3 Å². The Kier molecular flexibility index (Phi) is 6.28. The molecule has 26 heavy (non-hydrogen) atoms. The van der Waals surface area contributed by atoms with Gasteiger partial charge < -0.3 is 15.8 Å². The van der Waals surface area contributed by atoms with Gasteiger partial charge >= 0.3 is 0 Å². The van der Waals surface area contributed by atoms with Gasteiger partial charge in [-0.2, -0.15) is 0 Å². The van der Waals surface area contributed by atoms with Crippen molar-refractivity contribution in [1.29, 1.82) is 0 Å². The van der Waals surface area contributed by atoms with Crippen LogP contribution < -0.4 is 11.1 Å². The molecule has 1 fully saturated rings. The van der Waals surface area contributed by atoms with Gasteiger partial charge in [-0.05, 0) is 37.0 Å². The fourth-order valence-corrected chi connectivity index (χ4v) is 4.51. The summed E-state index contributed by atoms with van der Waals surface area (Å²) >= 11 is 0. The third-order valence-electron chi connectivity index (χ3n) is 4.53. The quantitative estimate of drug-likeness (QED) is 0.678. The van der Waals surface area contributed by atoms with Gasteiger partial charge in [-0.1, -0.05) is 0 Å². The van der Waals surface area contributed by atoms with Crippen LogP contribution in [0.1, 0.15) is 33.6 Å². The lowest BCUT2D eigenvalue weighted by atomic mass is 10.1. The Hall–Kier alpha value is -1.68. The minimum Gasteiger partial charge on any atom is -0.383 e. The molecule has 0 spiro atoms. The summed E-state index contributed by atoms with van der Waals surface area (Å²) in [7, 11) is -2.54. The number of nitrogens with zero attached hydrogens (tertiary/aromatic N) is 1. The number of halogens is 1. The molecular formula is C16H22ClN3O5S. The number of carbonyl (C=O) groups excluding carboxylic acids is 2. The molecule has 2 aliphatic rings. The molecule has 1 unspecified atom stereocenters. The average molecular weight is 404 g/mol. The van der Waals surface area contributed by atoms with E-state index in [-0.39, 0.29) is 53.5 Å². The van der Waals surface area contributed by atoms with Gasteiger partial charge in [0.15, 0.2) is 0 Å². The minimum atomic E-state index is -3.96. The van der Waals surface area contributed by atoms with Gasteiger partial charge in [0.25, 0.3) is 21.8 Å². The fraction of sp³-hybridized carbons (Fsp3) is 0.500. The Labute approximate surface area is 158 Å². The Morgan fingerprint density at radius 3 is 2.69 bits per heavy atom. The molecule has 144 valence electrons. The highest BCUT2D eigenvalue weighted by molar-refractivity contribution is 7.90. The highest BCUT2D eigenvalue weighted by Crippen LogP contribution is 2.33. The van der Waals surface area contributed by atoms with Gasteiger partial charge in [0.2, 0.25) is 0 Å². The van der Waals surface area contributed by atoms with Gasteiger partial charge in [0.1, 0.15) is 4.90 Å². The maximum Gasteiger partial charge on any atom is 0.269 e. The van der Waals surface area contributed by atoms with Crippen LogP contribution in [0.5, 0.6) is 0 Å². The number of carbonyl (C=O) groups is 2. The largest absolute Gasteiger partial charge is 0.383 e. The van der Waals surface area contributed by atoms with E-state index in [9.17, 15) is 18.0 Å². The number of hydrogen-bond acceptors (Lipinski definition) is 6. The first kappa shape index (κ1) is 20.6. The van der Waals surface area contributed by atoms with E-state index in [2.05, 4.69) is 5.32 Å². The van der Waals surface area contributed by atoms with Crippen LogP contribution in [0.3, 0.4) is 0 Å². The third kappa shape index (κ3) is 3.71. The zero-order chi connectivity index (χ0) is 18.2. The Morgan fingerprint density at radius 2 is 2.12 bits per heavy atom. The second kappa shape index (κ2) is 7.91. The van der Waals surface area contributed by atoms with Gasteiger partial charge in [-0.3, -0.25) is 9.59 Å². The molecule has 1 atom stereocenters. The van der Waals surface area contributed by atoms with Crippen molar-refractivity contribution >= 4 is 34.2 Å². The molecule has 0 saturated heterocycles. The van der Waals surface area contributed by atoms with Crippen LogP contribution in [0.15, 0.2) is 23.1 Å². The molecular weight excluding hydrogens is 382 g/mol. The molecule has 0 radical (unpaired) electrons. The first-order valence-electron chi connectivity index (χ1n) is 8.11. The summed E-state index contributed by atoms with van der Waals surface area (Å²) in [6, 6.07) is 3.98. The molecule has 1 aliphatic heterocycles. The normalized spacial score (nSPS) is 18.8. The summed E-state index contributed by atoms with van der Waals surface area (Å²) in [5, 5.41) is 2.84. The lowest BCUT2D eigenvalue weighted by Crippen LogP contribution is -2.41. The summed E-state index contributed by atoms with van der Waals surface area (Å²) in [4.78, 5) is 24.6. The number of nitrogens with one attached hydrogen (secondary N) is 1. The second-order valence-electron chi connectivity index (χ2n) is 6.24. The van der Waals surface area contributed by atoms with E-state index in [1.807, 2.05) is 0 Å². The average Bonchev–Trinajstić information content (AvgIpc) is 3.41. The standard InChI is InChI=1S/C16H21N3O5S.ClH/c1-24-7-6-19-16(21)12-5-4-11(8-14(12)25(19,22)23)15(20)18-13(9-17)10-2-3-10;/h4-5,8,10,13H,2-3,6-7,9,17H2,1H3,(H,18,20);1H. The fourth-order valence-electron chi connectivity index (χ4n) is 2.93. The van der Waals surface area contributed by atoms with Crippen molar-refractivity contribution in [2.45, 2.75) is 23.8 Å². The summed E-state index contributed by atoms with van der Waals surface area (Å²) in [5.74, 6) is -0.599. The molecule has 1 aliphatic carbocycles. The van der Waals surface area contributed by atoms with Crippen LogP contribution in [-0.4, -0.2) is 57.4 Å². The first-order chi connectivity index (χ1) is 11.9. The van der Waals surface area contributed by atoms with Crippen molar-refractivity contribution in [3.05, 3.63) is 29.3 Å². The number of hydrogen-bond donors (Lipinski definition) is 2. The zero-order valence-electron chi connectivity index (χ0n) is 14.3. The molecule has 3 N–H and O–H groups in total. The summed E-state index contributed by atoms with van der Waals surface area (Å²) in [5.41, 5.74) is 5.95. The van der Waals surface area contributed by atoms with Crippen molar-refractivity contribution in [2.24, 2.45) is 11.7 Å². The van der Waals surface area contributed by atoms with Crippen molar-refractivity contribution in [3.63, 3.8) is 0 Å². The van der Waals surface area contributed by atoms with Gasteiger partial charge in [-0.15, -0.1) is 12.4 Å². The van der Waals surface area contributed by atoms with E-state index < -0.39 is 15.9 Å². The summed E-state index contributed by atoms with van der Waals surface area (Å²) in [6.45, 7) is 0.375. The van der Waals surface area contributed by atoms with E-state index in [1.165, 1.54) is 25.3 Å². The maximum atomic E-state index is 12.6. The second-order valence-corrected chi connectivity index (χ2v) is 8.07. The minimum absolute atomic E-state index is 0. The summed E-state index contributed by atoms with van der Waals surface area (Å²) in [6.07, 6.45) is 2.06. The SMILES string of the molecule is COCCN1C(=O)c2ccc(C(=O)NC(CN)C3CC3)cc2S1(=O)=O.Cl. The topological polar surface area (TPSA) is 119 Å². The third-order valence-corrected chi connectivity index (χ3v) is 6.35. The van der Waals surface area contributed by atoms with E-state index in [0.29, 0.717) is 12.5 Å². The predicted octanol–water partition coefficient (Wildman–Crippen LogP) is 0.366. The molecule has 8 nitrogen and oxygen atoms in total. The lowest BCUT2D eigenvalue weighted by molar-refractivity contribution is 0.0835. The van der Waals surface area contributed by atoms with Gasteiger partial charge in [-0.25, -0.2) is 12.7 Å². The predicted molar refractivity (Wildman–Crippen MR) is 96.8 cm³/mol. The molecule has 2 amide bonds. The van der Waals surface area contributed by atoms with Crippen LogP contribution in [0.25, 0.3) is 0 Å². The first-order valence-corrected chi connectivity index (χ1v) is 9.55. The van der Waals surface area contributed by atoms with Crippen molar-refractivity contribution < 1.29 is 22.7 Å². The van der Waals surface area contributed by atoms with Crippen LogP contribution in [0, 0.1) is 5.92 Å². The number of amides is 2. The van der Waals surface area contributed by atoms with Crippen molar-refractivity contribution in [1.82, 2.24) is 9.62 Å². The van der Waals surface area contributed by atoms with Crippen molar-refractivity contribution in [2.75, 3.05) is 26.8 Å². The molecule has 10 heteroatoms. The van der Waals surface area contributed by atoms with E-state index in [1.54, 1.807) is 0 Å². The number of rotatable bonds is 7. The number of benzene rings is 1. The smallest absolute Gasteiger partial charge is 0.269 e. The Bertz CT molecular complexity index is 810. The van der Waals surface area contributed by atoms with E-state index in [4.69, 9.17) is 10.5 Å². The number of nitrogens with two attached hydrogens (primary N) is 1. The number of fused-ring (bicyclic) bond motifs is 1. The van der Waals surface area contributed by atoms with E-state index in [0.717, 1.165) is 17.1 Å². The van der Waals surface area contributed by atoms with Crippen LogP contribution in [-0.2, 0) is 14.8 Å². The number of ether oxygens (including phenoxy) is 1. The number of sulfonamides is 1. The van der Waals surface area contributed by atoms with Gasteiger partial charge in [0.05, 0.1) is 18.7 Å². The highest BCUT2D eigenvalue weighted by Gasteiger charge is 2.41. The van der Waals surface area contributed by atoms with Crippen LogP contribution in [0.2, 0.25) is 0 Å². The van der Waals surface area contributed by atoms with Crippen LogP contribution >= 0.6 is 12.4 Å². The Morgan fingerprint density at radius 1 is 1.42 bits per heavy atom. The highest BCUT2D eigenvalue weighted by atomic mass is 35.5. The molecule has 1 heterocycles. The number of methoxy groups -OCH3 is 1. The molecule has 0 aromatic heterocycles. The molecule has 3 rings (SSSR count). The van der Waals surface area contributed by atoms with E-state index >= 15 is 0 Å². The molecule has 1 saturated carbocycles. The van der Waals surface area contributed by atoms with Crippen molar-refractivity contribution in [3.8, 4) is 0 Å². The van der Waals surface area contributed by atoms with Crippen LogP contribution in [0.4, 0.5) is 0 Å². The Balaban J connectivity index is 0.00000243. The molecule has 1 aromatic rings. The zero-order valence-corrected chi connectivity index (χ0v) is 15.9. The maximum absolute atomic E-state index is 12.6. The summed E-state index contributed by atoms with van der Waals surface area (Å²) < 4.78 is 30.8. The molecule has 0 bridgehead atoms. The lowest BCUT2D eigenvalue weighted by Gasteiger charge is -2.16. The molecule has 1 aromatic carbocycles. The monoisotopic (exact) mass is 403 g/mol.